The molecule has 1 N–H and O–H groups in total. The molecule has 0 saturated heterocycles. The maximum atomic E-state index is 12.3. The maximum absolute atomic E-state index is 12.3. The Balaban J connectivity index is 2.10. The van der Waals surface area contributed by atoms with Gasteiger partial charge in [0.1, 0.15) is 0 Å². The summed E-state index contributed by atoms with van der Waals surface area (Å²) in [5.74, 6) is -1.56. The topological polar surface area (TPSA) is 110 Å². The van der Waals surface area contributed by atoms with Crippen LogP contribution >= 0.6 is 0 Å². The average Bonchev–Trinajstić information content (AvgIpc) is 2.67. The van der Waals surface area contributed by atoms with Crippen LogP contribution in [0.1, 0.15) is 34.6 Å². The van der Waals surface area contributed by atoms with Crippen LogP contribution in [0.3, 0.4) is 0 Å². The number of amides is 1. The second-order valence-electron chi connectivity index (χ2n) is 6.49. The van der Waals surface area contributed by atoms with E-state index in [0.717, 1.165) is 4.31 Å². The van der Waals surface area contributed by atoms with Crippen LogP contribution < -0.4 is 5.32 Å². The number of hydrogen-bond donors (Lipinski definition) is 1. The van der Waals surface area contributed by atoms with Gasteiger partial charge in [0.05, 0.1) is 10.5 Å². The molecular weight excluding hydrogens is 396 g/mol. The molecule has 29 heavy (non-hydrogen) atoms. The molecular formula is C20H22N2O6S. The summed E-state index contributed by atoms with van der Waals surface area (Å²) in [6.07, 6.45) is -1.14. The van der Waals surface area contributed by atoms with E-state index in [1.165, 1.54) is 58.3 Å². The van der Waals surface area contributed by atoms with Gasteiger partial charge >= 0.3 is 5.97 Å². The number of ketones is 1. The number of nitrogens with zero attached hydrogens (tertiary/aromatic N) is 1. The van der Waals surface area contributed by atoms with Crippen molar-refractivity contribution in [2.24, 2.45) is 0 Å². The number of anilines is 1. The second kappa shape index (κ2) is 8.97. The third-order valence-electron chi connectivity index (χ3n) is 4.04. The number of esters is 1. The van der Waals surface area contributed by atoms with Crippen molar-refractivity contribution < 1.29 is 27.5 Å². The highest BCUT2D eigenvalue weighted by molar-refractivity contribution is 7.89. The molecule has 0 aliphatic rings. The second-order valence-corrected chi connectivity index (χ2v) is 8.64. The van der Waals surface area contributed by atoms with Gasteiger partial charge in [-0.3, -0.25) is 9.59 Å². The largest absolute Gasteiger partial charge is 0.449 e. The number of nitrogens with one attached hydrogen (secondary N) is 1. The summed E-state index contributed by atoms with van der Waals surface area (Å²) in [4.78, 5) is 36.0. The quantitative estimate of drug-likeness (QED) is 0.546. The monoisotopic (exact) mass is 418 g/mol. The Morgan fingerprint density at radius 3 is 2.24 bits per heavy atom. The molecule has 0 radical (unpaired) electrons. The lowest BCUT2D eigenvalue weighted by Gasteiger charge is -2.15. The molecule has 2 aromatic carbocycles. The summed E-state index contributed by atoms with van der Waals surface area (Å²) in [6.45, 7) is 2.80. The van der Waals surface area contributed by atoms with E-state index >= 15 is 0 Å². The zero-order chi connectivity index (χ0) is 21.8. The lowest BCUT2D eigenvalue weighted by atomic mass is 10.1. The molecule has 0 spiro atoms. The van der Waals surface area contributed by atoms with Gasteiger partial charge in [0.2, 0.25) is 10.0 Å². The number of rotatable bonds is 7. The zero-order valence-electron chi connectivity index (χ0n) is 16.5. The van der Waals surface area contributed by atoms with Crippen molar-refractivity contribution in [2.45, 2.75) is 24.8 Å². The molecule has 0 unspecified atom stereocenters. The number of Topliss-reactive ketones (excluding diaryl/α,β-unsaturated/α-hetero) is 1. The summed E-state index contributed by atoms with van der Waals surface area (Å²) < 4.78 is 30.6. The van der Waals surface area contributed by atoms with Crippen LogP contribution in [0.5, 0.6) is 0 Å². The van der Waals surface area contributed by atoms with Gasteiger partial charge in [-0.05, 0) is 44.2 Å². The number of sulfonamides is 1. The van der Waals surface area contributed by atoms with Gasteiger partial charge in [0.25, 0.3) is 5.91 Å². The molecule has 2 aromatic rings. The molecule has 8 nitrogen and oxygen atoms in total. The van der Waals surface area contributed by atoms with Crippen LogP contribution in [-0.2, 0) is 19.6 Å². The first-order chi connectivity index (χ1) is 13.5. The third kappa shape index (κ3) is 5.49. The Morgan fingerprint density at radius 1 is 1.00 bits per heavy atom. The molecule has 0 heterocycles. The molecule has 0 aliphatic carbocycles. The Labute approximate surface area is 169 Å². The summed E-state index contributed by atoms with van der Waals surface area (Å²) in [5.41, 5.74) is 0.835. The predicted molar refractivity (Wildman–Crippen MR) is 107 cm³/mol. The minimum absolute atomic E-state index is 0.00570. The van der Waals surface area contributed by atoms with Gasteiger partial charge in [-0.1, -0.05) is 18.2 Å². The molecule has 0 aromatic heterocycles. The Kier molecular flexibility index (Phi) is 6.89. The summed E-state index contributed by atoms with van der Waals surface area (Å²) in [5, 5.41) is 2.57. The van der Waals surface area contributed by atoms with E-state index in [2.05, 4.69) is 5.32 Å². The van der Waals surface area contributed by atoms with Crippen LogP contribution in [0.25, 0.3) is 0 Å². The summed E-state index contributed by atoms with van der Waals surface area (Å²) >= 11 is 0. The Hall–Kier alpha value is -3.04. The first kappa shape index (κ1) is 22.3. The SMILES string of the molecule is CC(=O)c1cccc(NC(=O)[C@H](C)OC(=O)c2cccc(S(=O)(=O)N(C)C)c2)c1. The maximum Gasteiger partial charge on any atom is 0.338 e. The molecule has 1 amide bonds. The van der Waals surface area contributed by atoms with Crippen molar-refractivity contribution in [1.82, 2.24) is 4.31 Å². The van der Waals surface area contributed by atoms with E-state index in [1.807, 2.05) is 0 Å². The number of carbonyl (C=O) groups excluding carboxylic acids is 3. The lowest BCUT2D eigenvalue weighted by Crippen LogP contribution is -2.30. The summed E-state index contributed by atoms with van der Waals surface area (Å²) in [7, 11) is -0.945. The van der Waals surface area contributed by atoms with Crippen molar-refractivity contribution in [3.8, 4) is 0 Å². The predicted octanol–water partition coefficient (Wildman–Crippen LogP) is 2.32. The third-order valence-corrected chi connectivity index (χ3v) is 5.85. The zero-order valence-corrected chi connectivity index (χ0v) is 17.3. The van der Waals surface area contributed by atoms with Gasteiger partial charge in [-0.25, -0.2) is 17.5 Å². The number of carbonyl (C=O) groups is 3. The van der Waals surface area contributed by atoms with Crippen LogP contribution in [-0.4, -0.2) is 50.6 Å². The minimum Gasteiger partial charge on any atom is -0.449 e. The van der Waals surface area contributed by atoms with Gasteiger partial charge in [-0.2, -0.15) is 0 Å². The van der Waals surface area contributed by atoms with Gasteiger partial charge < -0.3 is 10.1 Å². The standard InChI is InChI=1S/C20H22N2O6S/c1-13(23)15-7-5-9-17(11-15)21-19(24)14(2)28-20(25)16-8-6-10-18(12-16)29(26,27)22(3)4/h5-12,14H,1-4H3,(H,21,24)/t14-/m0/s1. The molecule has 9 heteroatoms. The fourth-order valence-electron chi connectivity index (χ4n) is 2.34. The lowest BCUT2D eigenvalue weighted by molar-refractivity contribution is -0.123. The molecule has 2 rings (SSSR count). The molecule has 1 atom stereocenters. The van der Waals surface area contributed by atoms with Crippen LogP contribution in [0.15, 0.2) is 53.4 Å². The van der Waals surface area contributed by atoms with E-state index in [4.69, 9.17) is 4.74 Å². The molecule has 0 bridgehead atoms. The van der Waals surface area contributed by atoms with Crippen molar-refractivity contribution >= 4 is 33.4 Å². The first-order valence-corrected chi connectivity index (χ1v) is 10.1. The number of hydrogen-bond acceptors (Lipinski definition) is 6. The molecule has 0 aliphatic heterocycles. The van der Waals surface area contributed by atoms with Gasteiger partial charge in [0.15, 0.2) is 11.9 Å². The average molecular weight is 418 g/mol. The van der Waals surface area contributed by atoms with E-state index in [0.29, 0.717) is 11.3 Å². The molecule has 0 saturated carbocycles. The Bertz CT molecular complexity index is 1050. The minimum atomic E-state index is -3.71. The van der Waals surface area contributed by atoms with Crippen molar-refractivity contribution in [3.63, 3.8) is 0 Å². The normalized spacial score (nSPS) is 12.3. The highest BCUT2D eigenvalue weighted by Gasteiger charge is 2.22. The Morgan fingerprint density at radius 2 is 1.62 bits per heavy atom. The first-order valence-electron chi connectivity index (χ1n) is 8.68. The van der Waals surface area contributed by atoms with Crippen molar-refractivity contribution in [2.75, 3.05) is 19.4 Å². The fraction of sp³-hybridized carbons (Fsp3) is 0.250. The highest BCUT2D eigenvalue weighted by atomic mass is 32.2. The van der Waals surface area contributed by atoms with Gasteiger partial charge in [-0.15, -0.1) is 0 Å². The van der Waals surface area contributed by atoms with E-state index < -0.39 is 28.0 Å². The van der Waals surface area contributed by atoms with E-state index in [9.17, 15) is 22.8 Å². The van der Waals surface area contributed by atoms with Crippen molar-refractivity contribution in [3.05, 3.63) is 59.7 Å². The molecule has 154 valence electrons. The van der Waals surface area contributed by atoms with Gasteiger partial charge in [0, 0.05) is 25.3 Å². The number of ether oxygens (including phenoxy) is 1. The fourth-order valence-corrected chi connectivity index (χ4v) is 3.28. The van der Waals surface area contributed by atoms with E-state index in [1.54, 1.807) is 18.2 Å². The highest BCUT2D eigenvalue weighted by Crippen LogP contribution is 2.17. The van der Waals surface area contributed by atoms with Crippen LogP contribution in [0.4, 0.5) is 5.69 Å². The van der Waals surface area contributed by atoms with Crippen molar-refractivity contribution in [1.29, 1.82) is 0 Å². The number of benzene rings is 2. The van der Waals surface area contributed by atoms with E-state index in [-0.39, 0.29) is 16.2 Å². The van der Waals surface area contributed by atoms with Crippen LogP contribution in [0, 0.1) is 0 Å². The smallest absolute Gasteiger partial charge is 0.338 e. The molecule has 0 fully saturated rings. The summed E-state index contributed by atoms with van der Waals surface area (Å²) in [6, 6.07) is 11.8. The van der Waals surface area contributed by atoms with Crippen LogP contribution in [0.2, 0.25) is 0 Å².